The maximum Gasteiger partial charge on any atom is 0.282 e. The van der Waals surface area contributed by atoms with E-state index in [0.29, 0.717) is 26.2 Å². The number of hydrogen-bond acceptors (Lipinski definition) is 4. The summed E-state index contributed by atoms with van der Waals surface area (Å²) in [5, 5.41) is 0. The summed E-state index contributed by atoms with van der Waals surface area (Å²) in [5.74, 6) is 0.746. The molecule has 3 heterocycles. The zero-order valence-corrected chi connectivity index (χ0v) is 12.8. The van der Waals surface area contributed by atoms with E-state index in [4.69, 9.17) is 4.74 Å². The van der Waals surface area contributed by atoms with Crippen LogP contribution in [0.1, 0.15) is 25.7 Å². The highest BCUT2D eigenvalue weighted by atomic mass is 32.2. The van der Waals surface area contributed by atoms with E-state index >= 15 is 0 Å². The van der Waals surface area contributed by atoms with E-state index in [-0.39, 0.29) is 6.10 Å². The molecule has 0 spiro atoms. The van der Waals surface area contributed by atoms with Gasteiger partial charge in [-0.05, 0) is 37.8 Å². The predicted molar refractivity (Wildman–Crippen MR) is 79.2 cm³/mol. The number of aromatic nitrogens is 1. The van der Waals surface area contributed by atoms with Gasteiger partial charge in [-0.3, -0.25) is 4.98 Å². The molecule has 0 bridgehead atoms. The van der Waals surface area contributed by atoms with E-state index in [1.165, 1.54) is 0 Å². The molecule has 2 fully saturated rings. The van der Waals surface area contributed by atoms with Gasteiger partial charge in [-0.1, -0.05) is 0 Å². The molecule has 3 rings (SSSR count). The third-order valence-electron chi connectivity index (χ3n) is 4.01. The molecule has 0 aromatic carbocycles. The molecule has 0 saturated carbocycles. The number of ether oxygens (including phenoxy) is 1. The van der Waals surface area contributed by atoms with Gasteiger partial charge in [-0.25, -0.2) is 0 Å². The number of rotatable bonds is 4. The third-order valence-corrected chi connectivity index (χ3v) is 6.01. The Hall–Kier alpha value is -1.18. The predicted octanol–water partition coefficient (Wildman–Crippen LogP) is 1.27. The lowest BCUT2D eigenvalue weighted by Gasteiger charge is -2.34. The molecule has 2 aliphatic rings. The molecule has 1 aromatic heterocycles. The van der Waals surface area contributed by atoms with Crippen molar-refractivity contribution in [2.24, 2.45) is 0 Å². The van der Waals surface area contributed by atoms with Crippen LogP contribution in [0.25, 0.3) is 0 Å². The van der Waals surface area contributed by atoms with Gasteiger partial charge < -0.3 is 4.74 Å². The Morgan fingerprint density at radius 1 is 1.05 bits per heavy atom. The van der Waals surface area contributed by atoms with E-state index in [9.17, 15) is 8.42 Å². The van der Waals surface area contributed by atoms with Gasteiger partial charge in [-0.2, -0.15) is 17.0 Å². The SMILES string of the molecule is O=S(=O)(N1CCCC1)N1CCCC(Oc2ccncc2)C1. The monoisotopic (exact) mass is 311 g/mol. The molecule has 0 aliphatic carbocycles. The molecular formula is C14H21N3O3S. The summed E-state index contributed by atoms with van der Waals surface area (Å²) < 4.78 is 34.2. The molecular weight excluding hydrogens is 290 g/mol. The van der Waals surface area contributed by atoms with E-state index in [1.807, 2.05) is 0 Å². The lowest BCUT2D eigenvalue weighted by molar-refractivity contribution is 0.126. The fourth-order valence-corrected chi connectivity index (χ4v) is 4.66. The van der Waals surface area contributed by atoms with Crippen molar-refractivity contribution in [2.75, 3.05) is 26.2 Å². The Labute approximate surface area is 125 Å². The van der Waals surface area contributed by atoms with Crippen LogP contribution in [-0.2, 0) is 10.2 Å². The lowest BCUT2D eigenvalue weighted by Crippen LogP contribution is -2.49. The summed E-state index contributed by atoms with van der Waals surface area (Å²) in [5.41, 5.74) is 0. The Morgan fingerprint density at radius 3 is 2.43 bits per heavy atom. The summed E-state index contributed by atoms with van der Waals surface area (Å²) in [6, 6.07) is 3.60. The highest BCUT2D eigenvalue weighted by molar-refractivity contribution is 7.86. The van der Waals surface area contributed by atoms with Gasteiger partial charge in [0.05, 0.1) is 6.54 Å². The Balaban J connectivity index is 1.65. The van der Waals surface area contributed by atoms with E-state index in [0.717, 1.165) is 31.4 Å². The molecule has 1 aromatic rings. The molecule has 6 nitrogen and oxygen atoms in total. The lowest BCUT2D eigenvalue weighted by atomic mass is 10.1. The van der Waals surface area contributed by atoms with Gasteiger partial charge in [0.25, 0.3) is 10.2 Å². The number of piperidine rings is 1. The van der Waals surface area contributed by atoms with Crippen LogP contribution < -0.4 is 4.74 Å². The highest BCUT2D eigenvalue weighted by Crippen LogP contribution is 2.23. The molecule has 2 aliphatic heterocycles. The van der Waals surface area contributed by atoms with E-state index < -0.39 is 10.2 Å². The van der Waals surface area contributed by atoms with Crippen LogP contribution in [0.4, 0.5) is 0 Å². The van der Waals surface area contributed by atoms with Gasteiger partial charge in [0.1, 0.15) is 11.9 Å². The second-order valence-corrected chi connectivity index (χ2v) is 7.47. The van der Waals surface area contributed by atoms with Crippen molar-refractivity contribution in [3.8, 4) is 5.75 Å². The Morgan fingerprint density at radius 2 is 1.71 bits per heavy atom. The zero-order chi connectivity index (χ0) is 14.7. The van der Waals surface area contributed by atoms with E-state index in [2.05, 4.69) is 4.98 Å². The van der Waals surface area contributed by atoms with Crippen molar-refractivity contribution in [1.82, 2.24) is 13.6 Å². The van der Waals surface area contributed by atoms with Gasteiger partial charge >= 0.3 is 0 Å². The Bertz CT molecular complexity index is 558. The van der Waals surface area contributed by atoms with Crippen molar-refractivity contribution in [1.29, 1.82) is 0 Å². The van der Waals surface area contributed by atoms with Crippen molar-refractivity contribution >= 4 is 10.2 Å². The normalized spacial score (nSPS) is 25.0. The average Bonchev–Trinajstić information content (AvgIpc) is 3.04. The van der Waals surface area contributed by atoms with Crippen LogP contribution >= 0.6 is 0 Å². The van der Waals surface area contributed by atoms with Crippen molar-refractivity contribution in [3.63, 3.8) is 0 Å². The molecule has 21 heavy (non-hydrogen) atoms. The van der Waals surface area contributed by atoms with Gasteiger partial charge in [0, 0.05) is 32.0 Å². The van der Waals surface area contributed by atoms with Crippen LogP contribution in [0.5, 0.6) is 5.75 Å². The molecule has 0 N–H and O–H groups in total. The highest BCUT2D eigenvalue weighted by Gasteiger charge is 2.35. The number of nitrogens with zero attached hydrogens (tertiary/aromatic N) is 3. The topological polar surface area (TPSA) is 62.7 Å². The minimum atomic E-state index is -3.31. The quantitative estimate of drug-likeness (QED) is 0.840. The zero-order valence-electron chi connectivity index (χ0n) is 12.0. The van der Waals surface area contributed by atoms with Crippen LogP contribution in [0.2, 0.25) is 0 Å². The Kier molecular flexibility index (Phi) is 4.42. The first-order valence-corrected chi connectivity index (χ1v) is 8.88. The van der Waals surface area contributed by atoms with Crippen LogP contribution in [-0.4, -0.2) is 54.3 Å². The molecule has 1 atom stereocenters. The van der Waals surface area contributed by atoms with Crippen LogP contribution in [0.15, 0.2) is 24.5 Å². The van der Waals surface area contributed by atoms with E-state index in [1.54, 1.807) is 33.1 Å². The fourth-order valence-electron chi connectivity index (χ4n) is 2.90. The van der Waals surface area contributed by atoms with Gasteiger partial charge in [-0.15, -0.1) is 0 Å². The first-order chi connectivity index (χ1) is 10.2. The molecule has 116 valence electrons. The van der Waals surface area contributed by atoms with Crippen molar-refractivity contribution in [2.45, 2.75) is 31.8 Å². The minimum absolute atomic E-state index is 0.0847. The fraction of sp³-hybridized carbons (Fsp3) is 0.643. The summed E-state index contributed by atoms with van der Waals surface area (Å²) in [6.45, 7) is 2.32. The molecule has 7 heteroatoms. The number of pyridine rings is 1. The first kappa shape index (κ1) is 14.7. The summed E-state index contributed by atoms with van der Waals surface area (Å²) in [4.78, 5) is 3.95. The maximum absolute atomic E-state index is 12.6. The maximum atomic E-state index is 12.6. The van der Waals surface area contributed by atoms with Crippen molar-refractivity contribution < 1.29 is 13.2 Å². The molecule has 0 amide bonds. The second-order valence-electron chi connectivity index (χ2n) is 5.54. The standard InChI is InChI=1S/C14H21N3O3S/c18-21(19,16-9-1-2-10-16)17-11-3-4-14(12-17)20-13-5-7-15-8-6-13/h5-8,14H,1-4,9-12H2. The van der Waals surface area contributed by atoms with Gasteiger partial charge in [0.2, 0.25) is 0 Å². The largest absolute Gasteiger partial charge is 0.489 e. The smallest absolute Gasteiger partial charge is 0.282 e. The van der Waals surface area contributed by atoms with Crippen molar-refractivity contribution in [3.05, 3.63) is 24.5 Å². The first-order valence-electron chi connectivity index (χ1n) is 7.48. The molecule has 2 saturated heterocycles. The summed E-state index contributed by atoms with van der Waals surface area (Å²) >= 11 is 0. The number of hydrogen-bond donors (Lipinski definition) is 0. The van der Waals surface area contributed by atoms with Crippen LogP contribution in [0, 0.1) is 0 Å². The second kappa shape index (κ2) is 6.29. The van der Waals surface area contributed by atoms with Gasteiger partial charge in [0.15, 0.2) is 0 Å². The average molecular weight is 311 g/mol. The third kappa shape index (κ3) is 3.36. The minimum Gasteiger partial charge on any atom is -0.489 e. The molecule has 1 unspecified atom stereocenters. The molecule has 0 radical (unpaired) electrons. The summed E-state index contributed by atoms with van der Waals surface area (Å²) in [6.07, 6.45) is 6.91. The van der Waals surface area contributed by atoms with Crippen LogP contribution in [0.3, 0.4) is 0 Å². The summed E-state index contributed by atoms with van der Waals surface area (Å²) in [7, 11) is -3.31.